The first-order valence-corrected chi connectivity index (χ1v) is 7.94. The molecule has 2 aliphatic heterocycles. The number of hydrogen-bond acceptors (Lipinski definition) is 3. The highest BCUT2D eigenvalue weighted by molar-refractivity contribution is 5.74. The second-order valence-corrected chi connectivity index (χ2v) is 6.51. The molecule has 0 saturated carbocycles. The summed E-state index contributed by atoms with van der Waals surface area (Å²) in [6.07, 6.45) is 4.25. The second kappa shape index (κ2) is 7.11. The van der Waals surface area contributed by atoms with Crippen molar-refractivity contribution in [3.05, 3.63) is 0 Å². The average molecular weight is 297 g/mol. The van der Waals surface area contributed by atoms with Crippen LogP contribution in [-0.4, -0.2) is 65.7 Å². The van der Waals surface area contributed by atoms with Crippen molar-refractivity contribution < 1.29 is 14.7 Å². The molecule has 0 aromatic heterocycles. The molecule has 0 aliphatic carbocycles. The Morgan fingerprint density at radius 1 is 1.29 bits per heavy atom. The molecule has 2 bridgehead atoms. The molecule has 2 saturated heterocycles. The highest BCUT2D eigenvalue weighted by Gasteiger charge is 2.35. The molecule has 2 fully saturated rings. The third kappa shape index (κ3) is 4.33. The number of nitrogens with one attached hydrogen (secondary N) is 1. The van der Waals surface area contributed by atoms with Crippen LogP contribution < -0.4 is 5.32 Å². The Balaban J connectivity index is 1.74. The summed E-state index contributed by atoms with van der Waals surface area (Å²) in [5, 5.41) is 11.6. The molecule has 6 nitrogen and oxygen atoms in total. The lowest BCUT2D eigenvalue weighted by Crippen LogP contribution is -2.45. The zero-order valence-corrected chi connectivity index (χ0v) is 13.0. The van der Waals surface area contributed by atoms with Gasteiger partial charge in [0.2, 0.25) is 0 Å². The lowest BCUT2D eigenvalue weighted by Gasteiger charge is -2.26. The number of urea groups is 1. The number of nitrogens with zero attached hydrogens (tertiary/aromatic N) is 2. The number of hydrogen-bond donors (Lipinski definition) is 2. The Labute approximate surface area is 126 Å². The number of carboxylic acid groups (broad SMARTS) is 1. The SMILES string of the molecule is CC(CCC(=O)O)CNC(=O)N1CCC2CCC(C1)N2C. The van der Waals surface area contributed by atoms with Gasteiger partial charge in [-0.15, -0.1) is 0 Å². The molecule has 0 aromatic carbocycles. The smallest absolute Gasteiger partial charge is 0.317 e. The second-order valence-electron chi connectivity index (χ2n) is 6.51. The fourth-order valence-electron chi connectivity index (χ4n) is 3.34. The van der Waals surface area contributed by atoms with Gasteiger partial charge in [0.1, 0.15) is 0 Å². The monoisotopic (exact) mass is 297 g/mol. The number of aliphatic carboxylic acids is 1. The van der Waals surface area contributed by atoms with Crippen molar-refractivity contribution in [2.75, 3.05) is 26.7 Å². The summed E-state index contributed by atoms with van der Waals surface area (Å²) >= 11 is 0. The van der Waals surface area contributed by atoms with Gasteiger partial charge >= 0.3 is 12.0 Å². The summed E-state index contributed by atoms with van der Waals surface area (Å²) in [6, 6.07) is 1.12. The number of amides is 2. The van der Waals surface area contributed by atoms with Crippen LogP contribution in [0, 0.1) is 5.92 Å². The first kappa shape index (κ1) is 16.1. The van der Waals surface area contributed by atoms with Crippen LogP contribution in [0.25, 0.3) is 0 Å². The predicted molar refractivity (Wildman–Crippen MR) is 80.2 cm³/mol. The minimum Gasteiger partial charge on any atom is -0.481 e. The average Bonchev–Trinajstić information content (AvgIpc) is 2.67. The molecular formula is C15H27N3O3. The van der Waals surface area contributed by atoms with Crippen molar-refractivity contribution in [1.82, 2.24) is 15.1 Å². The first-order chi connectivity index (χ1) is 9.97. The quantitative estimate of drug-likeness (QED) is 0.804. The summed E-state index contributed by atoms with van der Waals surface area (Å²) in [4.78, 5) is 27.1. The molecule has 2 rings (SSSR count). The zero-order chi connectivity index (χ0) is 15.4. The van der Waals surface area contributed by atoms with E-state index in [0.29, 0.717) is 25.0 Å². The maximum Gasteiger partial charge on any atom is 0.317 e. The molecule has 21 heavy (non-hydrogen) atoms. The van der Waals surface area contributed by atoms with E-state index in [1.165, 1.54) is 12.8 Å². The largest absolute Gasteiger partial charge is 0.481 e. The van der Waals surface area contributed by atoms with Gasteiger partial charge < -0.3 is 15.3 Å². The molecule has 2 amide bonds. The Morgan fingerprint density at radius 3 is 2.71 bits per heavy atom. The number of fused-ring (bicyclic) bond motifs is 2. The van der Waals surface area contributed by atoms with E-state index in [4.69, 9.17) is 5.11 Å². The van der Waals surface area contributed by atoms with Gasteiger partial charge in [-0.1, -0.05) is 6.92 Å². The van der Waals surface area contributed by atoms with Gasteiger partial charge in [-0.25, -0.2) is 4.79 Å². The maximum absolute atomic E-state index is 12.3. The topological polar surface area (TPSA) is 72.9 Å². The number of carboxylic acids is 1. The molecule has 2 N–H and O–H groups in total. The molecule has 0 radical (unpaired) electrons. The van der Waals surface area contributed by atoms with Crippen molar-refractivity contribution in [1.29, 1.82) is 0 Å². The first-order valence-electron chi connectivity index (χ1n) is 7.94. The Hall–Kier alpha value is -1.30. The molecule has 3 unspecified atom stereocenters. The van der Waals surface area contributed by atoms with Gasteiger partial charge in [0.15, 0.2) is 0 Å². The van der Waals surface area contributed by atoms with E-state index < -0.39 is 5.97 Å². The number of carbonyl (C=O) groups is 2. The van der Waals surface area contributed by atoms with Crippen LogP contribution in [0.4, 0.5) is 4.79 Å². The van der Waals surface area contributed by atoms with Gasteiger partial charge in [0.05, 0.1) is 0 Å². The van der Waals surface area contributed by atoms with Gasteiger partial charge in [-0.05, 0) is 38.6 Å². The number of likely N-dealkylation sites (N-methyl/N-ethyl adjacent to an activating group) is 1. The lowest BCUT2D eigenvalue weighted by molar-refractivity contribution is -0.137. The minimum absolute atomic E-state index is 0.00174. The van der Waals surface area contributed by atoms with Gasteiger partial charge in [0.25, 0.3) is 0 Å². The summed E-state index contributed by atoms with van der Waals surface area (Å²) in [6.45, 7) is 4.15. The van der Waals surface area contributed by atoms with Crippen LogP contribution >= 0.6 is 0 Å². The Morgan fingerprint density at radius 2 is 2.00 bits per heavy atom. The van der Waals surface area contributed by atoms with Gasteiger partial charge in [-0.3, -0.25) is 9.69 Å². The molecule has 2 aliphatic rings. The van der Waals surface area contributed by atoms with E-state index in [1.54, 1.807) is 0 Å². The normalized spacial score (nSPS) is 27.2. The number of rotatable bonds is 5. The Kier molecular flexibility index (Phi) is 5.45. The van der Waals surface area contributed by atoms with Crippen LogP contribution in [0.3, 0.4) is 0 Å². The summed E-state index contributed by atoms with van der Waals surface area (Å²) < 4.78 is 0. The van der Waals surface area contributed by atoms with Crippen molar-refractivity contribution >= 4 is 12.0 Å². The van der Waals surface area contributed by atoms with E-state index in [9.17, 15) is 9.59 Å². The van der Waals surface area contributed by atoms with Crippen LogP contribution in [0.5, 0.6) is 0 Å². The predicted octanol–water partition coefficient (Wildman–Crippen LogP) is 1.37. The van der Waals surface area contributed by atoms with Crippen LogP contribution in [0.15, 0.2) is 0 Å². The zero-order valence-electron chi connectivity index (χ0n) is 13.0. The lowest BCUT2D eigenvalue weighted by atomic mass is 10.1. The van der Waals surface area contributed by atoms with Gasteiger partial charge in [0, 0.05) is 38.1 Å². The van der Waals surface area contributed by atoms with Crippen molar-refractivity contribution in [3.8, 4) is 0 Å². The Bertz CT molecular complexity index is 388. The number of carbonyl (C=O) groups excluding carboxylic acids is 1. The van der Waals surface area contributed by atoms with Crippen LogP contribution in [0.2, 0.25) is 0 Å². The molecule has 0 spiro atoms. The fraction of sp³-hybridized carbons (Fsp3) is 0.867. The van der Waals surface area contributed by atoms with Crippen molar-refractivity contribution in [3.63, 3.8) is 0 Å². The van der Waals surface area contributed by atoms with Crippen LogP contribution in [0.1, 0.15) is 39.0 Å². The molecule has 2 heterocycles. The number of likely N-dealkylation sites (tertiary alicyclic amines) is 1. The highest BCUT2D eigenvalue weighted by atomic mass is 16.4. The third-order valence-electron chi connectivity index (χ3n) is 4.89. The molecular weight excluding hydrogens is 270 g/mol. The van der Waals surface area contributed by atoms with E-state index in [-0.39, 0.29) is 18.4 Å². The fourth-order valence-corrected chi connectivity index (χ4v) is 3.34. The van der Waals surface area contributed by atoms with E-state index >= 15 is 0 Å². The summed E-state index contributed by atoms with van der Waals surface area (Å²) in [5.41, 5.74) is 0. The molecule has 0 aromatic rings. The molecule has 120 valence electrons. The molecule has 6 heteroatoms. The standard InChI is InChI=1S/C15H27N3O3/c1-11(3-6-14(19)20)9-16-15(21)18-8-7-12-4-5-13(10-18)17(12)2/h11-13H,3-10H2,1-2H3,(H,16,21)(H,19,20). The minimum atomic E-state index is -0.778. The summed E-state index contributed by atoms with van der Waals surface area (Å²) in [5.74, 6) is -0.587. The molecule has 3 atom stereocenters. The van der Waals surface area contributed by atoms with E-state index in [2.05, 4.69) is 17.3 Å². The van der Waals surface area contributed by atoms with Crippen LogP contribution in [-0.2, 0) is 4.79 Å². The van der Waals surface area contributed by atoms with Crippen molar-refractivity contribution in [2.24, 2.45) is 5.92 Å². The van der Waals surface area contributed by atoms with E-state index in [1.807, 2.05) is 11.8 Å². The van der Waals surface area contributed by atoms with Crippen molar-refractivity contribution in [2.45, 2.75) is 51.1 Å². The third-order valence-corrected chi connectivity index (χ3v) is 4.89. The summed E-state index contributed by atoms with van der Waals surface area (Å²) in [7, 11) is 2.16. The van der Waals surface area contributed by atoms with E-state index in [0.717, 1.165) is 19.5 Å². The maximum atomic E-state index is 12.3. The van der Waals surface area contributed by atoms with Gasteiger partial charge in [-0.2, -0.15) is 0 Å². The highest BCUT2D eigenvalue weighted by Crippen LogP contribution is 2.28.